The summed E-state index contributed by atoms with van der Waals surface area (Å²) in [6.45, 7) is 6.98. The summed E-state index contributed by atoms with van der Waals surface area (Å²) in [7, 11) is -4.36. The van der Waals surface area contributed by atoms with Gasteiger partial charge >= 0.3 is 17.2 Å². The molecule has 10 heteroatoms. The Bertz CT molecular complexity index is 133. The SMILES string of the molecule is C=CCOP(O)O.C=CCOP(O)O.Cl.Cl. The van der Waals surface area contributed by atoms with Gasteiger partial charge in [0.2, 0.25) is 0 Å². The van der Waals surface area contributed by atoms with Gasteiger partial charge in [0.1, 0.15) is 0 Å². The fourth-order valence-corrected chi connectivity index (χ4v) is 0.716. The van der Waals surface area contributed by atoms with Gasteiger partial charge in [0.15, 0.2) is 0 Å². The monoisotopic (exact) mass is 316 g/mol. The van der Waals surface area contributed by atoms with Crippen molar-refractivity contribution in [1.29, 1.82) is 0 Å². The van der Waals surface area contributed by atoms with E-state index >= 15 is 0 Å². The Morgan fingerprint density at radius 1 is 0.812 bits per heavy atom. The number of hydrogen-bond donors (Lipinski definition) is 4. The molecule has 0 aliphatic carbocycles. The molecule has 0 atom stereocenters. The van der Waals surface area contributed by atoms with Crippen molar-refractivity contribution in [3.63, 3.8) is 0 Å². The molecule has 0 saturated heterocycles. The Balaban J connectivity index is -0.0000000800. The highest BCUT2D eigenvalue weighted by atomic mass is 35.5. The highest BCUT2D eigenvalue weighted by molar-refractivity contribution is 7.39. The molecule has 0 spiro atoms. The van der Waals surface area contributed by atoms with E-state index in [1.807, 2.05) is 0 Å². The molecule has 0 aromatic rings. The van der Waals surface area contributed by atoms with Gasteiger partial charge in [-0.15, -0.1) is 38.0 Å². The number of halogens is 2. The minimum Gasteiger partial charge on any atom is -0.328 e. The minimum atomic E-state index is -2.18. The van der Waals surface area contributed by atoms with E-state index in [4.69, 9.17) is 19.6 Å². The Morgan fingerprint density at radius 2 is 1.06 bits per heavy atom. The summed E-state index contributed by atoms with van der Waals surface area (Å²) in [5.41, 5.74) is 0. The Morgan fingerprint density at radius 3 is 1.12 bits per heavy atom. The maximum Gasteiger partial charge on any atom is 0.327 e. The van der Waals surface area contributed by atoms with Crippen molar-refractivity contribution < 1.29 is 28.6 Å². The standard InChI is InChI=1S/2C3H7O3P.2ClH/c2*1-2-3-6-7(4)5;;/h2*2,4-5H,1,3H2;2*1H. The topological polar surface area (TPSA) is 99.4 Å². The fourth-order valence-electron chi connectivity index (χ4n) is 0.239. The molecule has 6 nitrogen and oxygen atoms in total. The first kappa shape index (κ1) is 25.5. The van der Waals surface area contributed by atoms with E-state index in [0.29, 0.717) is 0 Å². The van der Waals surface area contributed by atoms with Crippen LogP contribution in [0.15, 0.2) is 25.3 Å². The molecule has 0 aromatic heterocycles. The van der Waals surface area contributed by atoms with Crippen LogP contribution in [0.25, 0.3) is 0 Å². The molecule has 100 valence electrons. The van der Waals surface area contributed by atoms with Gasteiger partial charge in [0.25, 0.3) is 0 Å². The third-order valence-corrected chi connectivity index (χ3v) is 1.38. The zero-order chi connectivity index (χ0) is 11.4. The maximum atomic E-state index is 8.03. The lowest BCUT2D eigenvalue weighted by Crippen LogP contribution is -1.80. The normalized spacial score (nSPS) is 8.38. The fraction of sp³-hybridized carbons (Fsp3) is 0.333. The number of rotatable bonds is 6. The van der Waals surface area contributed by atoms with E-state index in [2.05, 4.69) is 22.2 Å². The predicted octanol–water partition coefficient (Wildman–Crippen LogP) is 1.64. The van der Waals surface area contributed by atoms with Crippen LogP contribution in [0.2, 0.25) is 0 Å². The third-order valence-electron chi connectivity index (χ3n) is 0.616. The van der Waals surface area contributed by atoms with E-state index < -0.39 is 17.2 Å². The van der Waals surface area contributed by atoms with E-state index in [-0.39, 0.29) is 38.0 Å². The molecule has 0 rings (SSSR count). The van der Waals surface area contributed by atoms with Crippen LogP contribution < -0.4 is 0 Å². The van der Waals surface area contributed by atoms with Gasteiger partial charge in [-0.1, -0.05) is 12.2 Å². The summed E-state index contributed by atoms with van der Waals surface area (Å²) >= 11 is 0. The lowest BCUT2D eigenvalue weighted by atomic mass is 10.7. The van der Waals surface area contributed by atoms with Crippen LogP contribution >= 0.6 is 42.0 Å². The average molecular weight is 317 g/mol. The van der Waals surface area contributed by atoms with Gasteiger partial charge in [0, 0.05) is 0 Å². The largest absolute Gasteiger partial charge is 0.328 e. The highest BCUT2D eigenvalue weighted by Crippen LogP contribution is 2.23. The molecule has 0 aliphatic rings. The summed E-state index contributed by atoms with van der Waals surface area (Å²) in [6.07, 6.45) is 2.89. The summed E-state index contributed by atoms with van der Waals surface area (Å²) in [5, 5.41) is 0. The smallest absolute Gasteiger partial charge is 0.327 e. The predicted molar refractivity (Wildman–Crippen MR) is 69.5 cm³/mol. The highest BCUT2D eigenvalue weighted by Gasteiger charge is 1.92. The summed E-state index contributed by atoms with van der Waals surface area (Å²) in [4.78, 5) is 32.1. The van der Waals surface area contributed by atoms with E-state index in [0.717, 1.165) is 0 Å². The first-order chi connectivity index (χ1) is 6.54. The first-order valence-electron chi connectivity index (χ1n) is 3.38. The van der Waals surface area contributed by atoms with Crippen LogP contribution in [0.1, 0.15) is 0 Å². The van der Waals surface area contributed by atoms with Gasteiger partial charge < -0.3 is 28.6 Å². The first-order valence-corrected chi connectivity index (χ1v) is 5.71. The molecule has 0 radical (unpaired) electrons. The van der Waals surface area contributed by atoms with Gasteiger partial charge in [0.05, 0.1) is 13.2 Å². The molecule has 0 amide bonds. The molecular weight excluding hydrogens is 301 g/mol. The van der Waals surface area contributed by atoms with Crippen LogP contribution in [-0.4, -0.2) is 32.8 Å². The Hall–Kier alpha value is 0.680. The van der Waals surface area contributed by atoms with Gasteiger partial charge in [-0.05, 0) is 0 Å². The molecule has 0 unspecified atom stereocenters. The Kier molecular flexibility index (Phi) is 33.5. The van der Waals surface area contributed by atoms with Gasteiger partial charge in [-0.25, -0.2) is 0 Å². The lowest BCUT2D eigenvalue weighted by molar-refractivity contribution is 0.281. The van der Waals surface area contributed by atoms with E-state index in [1.54, 1.807) is 0 Å². The van der Waals surface area contributed by atoms with Crippen LogP contribution in [0.4, 0.5) is 0 Å². The average Bonchev–Trinajstić information content (AvgIpc) is 2.12. The summed E-state index contributed by atoms with van der Waals surface area (Å²) in [6, 6.07) is 0. The maximum absolute atomic E-state index is 8.03. The zero-order valence-corrected chi connectivity index (χ0v) is 11.7. The molecule has 0 heterocycles. The summed E-state index contributed by atoms with van der Waals surface area (Å²) < 4.78 is 8.50. The molecule has 0 fully saturated rings. The van der Waals surface area contributed by atoms with E-state index in [1.165, 1.54) is 12.2 Å². The van der Waals surface area contributed by atoms with Crippen LogP contribution in [0.3, 0.4) is 0 Å². The molecule has 0 aliphatic heterocycles. The molecular formula is C6H16Cl2O6P2. The lowest BCUT2D eigenvalue weighted by Gasteiger charge is -1.96. The third kappa shape index (κ3) is 36.5. The van der Waals surface area contributed by atoms with Gasteiger partial charge in [-0.3, -0.25) is 0 Å². The van der Waals surface area contributed by atoms with Gasteiger partial charge in [-0.2, -0.15) is 0 Å². The second kappa shape index (κ2) is 21.0. The Labute approximate surface area is 109 Å². The van der Waals surface area contributed by atoms with Crippen molar-refractivity contribution in [2.45, 2.75) is 0 Å². The molecule has 0 bridgehead atoms. The van der Waals surface area contributed by atoms with Crippen molar-refractivity contribution in [3.05, 3.63) is 25.3 Å². The molecule has 0 saturated carbocycles. The molecule has 0 aromatic carbocycles. The van der Waals surface area contributed by atoms with Crippen LogP contribution in [-0.2, 0) is 9.05 Å². The molecule has 16 heavy (non-hydrogen) atoms. The minimum absolute atomic E-state index is 0. The zero-order valence-electron chi connectivity index (χ0n) is 8.30. The van der Waals surface area contributed by atoms with Crippen molar-refractivity contribution in [2.24, 2.45) is 0 Å². The second-order valence-electron chi connectivity index (χ2n) is 1.67. The quantitative estimate of drug-likeness (QED) is 0.439. The van der Waals surface area contributed by atoms with Crippen LogP contribution in [0, 0.1) is 0 Å². The van der Waals surface area contributed by atoms with Crippen molar-refractivity contribution in [3.8, 4) is 0 Å². The summed E-state index contributed by atoms with van der Waals surface area (Å²) in [5.74, 6) is 0. The second-order valence-corrected chi connectivity index (χ2v) is 3.20. The van der Waals surface area contributed by atoms with Crippen LogP contribution in [0.5, 0.6) is 0 Å². The van der Waals surface area contributed by atoms with Crippen molar-refractivity contribution in [2.75, 3.05) is 13.2 Å². The van der Waals surface area contributed by atoms with Crippen molar-refractivity contribution in [1.82, 2.24) is 0 Å². The van der Waals surface area contributed by atoms with E-state index in [9.17, 15) is 0 Å². The number of hydrogen-bond acceptors (Lipinski definition) is 6. The van der Waals surface area contributed by atoms with Crippen molar-refractivity contribution >= 4 is 42.0 Å². The molecule has 4 N–H and O–H groups in total.